The number of nitrogens with zero attached hydrogens (tertiary/aromatic N) is 1. The van der Waals surface area contributed by atoms with Gasteiger partial charge in [-0.3, -0.25) is 9.69 Å². The van der Waals surface area contributed by atoms with Gasteiger partial charge in [0.05, 0.1) is 10.5 Å². The molecule has 0 radical (unpaired) electrons. The average Bonchev–Trinajstić information content (AvgIpc) is 3.23. The molecule has 0 bridgehead atoms. The monoisotopic (exact) mass is 395 g/mol. The van der Waals surface area contributed by atoms with E-state index < -0.39 is 10.0 Å². The molecule has 1 saturated heterocycles. The van der Waals surface area contributed by atoms with Crippen LogP contribution in [-0.4, -0.2) is 57.5 Å². The fourth-order valence-electron chi connectivity index (χ4n) is 3.95. The molecule has 150 valence electrons. The number of ether oxygens (including phenoxy) is 1. The van der Waals surface area contributed by atoms with E-state index >= 15 is 0 Å². The van der Waals surface area contributed by atoms with E-state index in [1.165, 1.54) is 6.07 Å². The molecule has 0 aromatic heterocycles. The molecule has 7 nitrogen and oxygen atoms in total. The summed E-state index contributed by atoms with van der Waals surface area (Å²) in [4.78, 5) is 15.3. The summed E-state index contributed by atoms with van der Waals surface area (Å²) >= 11 is 0. The molecule has 1 aromatic carbocycles. The third-order valence-electron chi connectivity index (χ3n) is 5.26. The number of sulfonamides is 1. The van der Waals surface area contributed by atoms with Crippen molar-refractivity contribution in [3.8, 4) is 5.75 Å². The van der Waals surface area contributed by atoms with Crippen LogP contribution in [-0.2, 0) is 16.4 Å². The Morgan fingerprint density at radius 2 is 2.11 bits per heavy atom. The number of likely N-dealkylation sites (tertiary alicyclic amines) is 1. The summed E-state index contributed by atoms with van der Waals surface area (Å²) < 4.78 is 33.2. The highest BCUT2D eigenvalue weighted by atomic mass is 32.2. The van der Waals surface area contributed by atoms with Crippen LogP contribution in [0.25, 0.3) is 0 Å². The SMILES string of the molecule is CCNS(=O)(=O)c1cc2c(c(C(=O)NCC3CCCN3CC)c1)OC(C)C2. The van der Waals surface area contributed by atoms with Gasteiger partial charge in [0.15, 0.2) is 0 Å². The molecule has 0 spiro atoms. The van der Waals surface area contributed by atoms with Crippen molar-refractivity contribution in [2.45, 2.75) is 57.1 Å². The molecule has 2 aliphatic heterocycles. The van der Waals surface area contributed by atoms with Crippen LogP contribution < -0.4 is 14.8 Å². The van der Waals surface area contributed by atoms with Crippen molar-refractivity contribution in [1.82, 2.24) is 14.9 Å². The Morgan fingerprint density at radius 3 is 2.81 bits per heavy atom. The van der Waals surface area contributed by atoms with Gasteiger partial charge < -0.3 is 10.1 Å². The van der Waals surface area contributed by atoms with Gasteiger partial charge in [-0.1, -0.05) is 13.8 Å². The predicted octanol–water partition coefficient (Wildman–Crippen LogP) is 1.52. The normalized spacial score (nSPS) is 22.5. The summed E-state index contributed by atoms with van der Waals surface area (Å²) in [5.74, 6) is 0.228. The lowest BCUT2D eigenvalue weighted by Crippen LogP contribution is -2.40. The van der Waals surface area contributed by atoms with Crippen molar-refractivity contribution in [2.75, 3.05) is 26.2 Å². The molecule has 1 amide bonds. The Bertz CT molecular complexity index is 809. The summed E-state index contributed by atoms with van der Waals surface area (Å²) in [6.07, 6.45) is 2.72. The zero-order valence-electron chi connectivity index (χ0n) is 16.2. The quantitative estimate of drug-likeness (QED) is 0.731. The van der Waals surface area contributed by atoms with Gasteiger partial charge in [-0.05, 0) is 50.6 Å². The number of hydrogen-bond donors (Lipinski definition) is 2. The lowest BCUT2D eigenvalue weighted by atomic mass is 10.1. The second-order valence-electron chi connectivity index (χ2n) is 7.23. The number of likely N-dealkylation sites (N-methyl/N-ethyl adjacent to an activating group) is 1. The molecule has 0 saturated carbocycles. The van der Waals surface area contributed by atoms with Crippen molar-refractivity contribution in [2.24, 2.45) is 0 Å². The number of amides is 1. The largest absolute Gasteiger partial charge is 0.489 e. The molecule has 3 rings (SSSR count). The molecule has 0 aliphatic carbocycles. The van der Waals surface area contributed by atoms with E-state index in [0.29, 0.717) is 36.9 Å². The van der Waals surface area contributed by atoms with Crippen molar-refractivity contribution >= 4 is 15.9 Å². The van der Waals surface area contributed by atoms with Gasteiger partial charge in [-0.2, -0.15) is 0 Å². The standard InChI is InChI=1S/C19H29N3O4S/c1-4-21-27(24,25)16-10-14-9-13(3)26-18(14)17(11-16)19(23)20-12-15-7-6-8-22(15)5-2/h10-11,13,15,21H,4-9,12H2,1-3H3,(H,20,23). The third-order valence-corrected chi connectivity index (χ3v) is 6.78. The van der Waals surface area contributed by atoms with Crippen LogP contribution in [0.1, 0.15) is 49.5 Å². The van der Waals surface area contributed by atoms with Gasteiger partial charge >= 0.3 is 0 Å². The second-order valence-corrected chi connectivity index (χ2v) is 8.99. The second kappa shape index (κ2) is 8.16. The smallest absolute Gasteiger partial charge is 0.255 e. The minimum Gasteiger partial charge on any atom is -0.489 e. The molecule has 2 atom stereocenters. The Labute approximate surface area is 161 Å². The number of rotatable bonds is 7. The van der Waals surface area contributed by atoms with Crippen LogP contribution >= 0.6 is 0 Å². The van der Waals surface area contributed by atoms with Crippen molar-refractivity contribution in [3.05, 3.63) is 23.3 Å². The van der Waals surface area contributed by atoms with Crippen LogP contribution in [0.15, 0.2) is 17.0 Å². The zero-order valence-corrected chi connectivity index (χ0v) is 17.1. The summed E-state index contributed by atoms with van der Waals surface area (Å²) in [6, 6.07) is 3.38. The van der Waals surface area contributed by atoms with E-state index in [1.54, 1.807) is 13.0 Å². The molecule has 27 heavy (non-hydrogen) atoms. The zero-order chi connectivity index (χ0) is 19.6. The molecular weight excluding hydrogens is 366 g/mol. The van der Waals surface area contributed by atoms with Crippen LogP contribution in [0.5, 0.6) is 5.75 Å². The molecular formula is C19H29N3O4S. The van der Waals surface area contributed by atoms with Gasteiger partial charge in [-0.25, -0.2) is 13.1 Å². The van der Waals surface area contributed by atoms with Crippen LogP contribution in [0.3, 0.4) is 0 Å². The topological polar surface area (TPSA) is 87.7 Å². The highest BCUT2D eigenvalue weighted by molar-refractivity contribution is 7.89. The molecule has 1 fully saturated rings. The molecule has 2 heterocycles. The first-order valence-corrected chi connectivity index (χ1v) is 11.2. The number of fused-ring (bicyclic) bond motifs is 1. The van der Waals surface area contributed by atoms with Crippen LogP contribution in [0.2, 0.25) is 0 Å². The fraction of sp³-hybridized carbons (Fsp3) is 0.632. The summed E-state index contributed by atoms with van der Waals surface area (Å²) in [5.41, 5.74) is 1.07. The number of carbonyl (C=O) groups excluding carboxylic acids is 1. The van der Waals surface area contributed by atoms with E-state index in [2.05, 4.69) is 21.9 Å². The number of nitrogens with one attached hydrogen (secondary N) is 2. The minimum absolute atomic E-state index is 0.0750. The van der Waals surface area contributed by atoms with Crippen LogP contribution in [0.4, 0.5) is 0 Å². The highest BCUT2D eigenvalue weighted by Crippen LogP contribution is 2.35. The molecule has 2 unspecified atom stereocenters. The maximum Gasteiger partial charge on any atom is 0.255 e. The Morgan fingerprint density at radius 1 is 1.33 bits per heavy atom. The van der Waals surface area contributed by atoms with Gasteiger partial charge in [-0.15, -0.1) is 0 Å². The van der Waals surface area contributed by atoms with Gasteiger partial charge in [0.1, 0.15) is 11.9 Å². The maximum absolute atomic E-state index is 12.9. The maximum atomic E-state index is 12.9. The number of carbonyl (C=O) groups is 1. The van der Waals surface area contributed by atoms with Crippen molar-refractivity contribution < 1.29 is 17.9 Å². The molecule has 2 N–H and O–H groups in total. The van der Waals surface area contributed by atoms with E-state index in [4.69, 9.17) is 4.74 Å². The molecule has 1 aromatic rings. The fourth-order valence-corrected chi connectivity index (χ4v) is 5.07. The van der Waals surface area contributed by atoms with Gasteiger partial charge in [0.25, 0.3) is 5.91 Å². The van der Waals surface area contributed by atoms with E-state index in [1.807, 2.05) is 6.92 Å². The summed E-state index contributed by atoms with van der Waals surface area (Å²) in [5, 5.41) is 2.98. The Balaban J connectivity index is 1.85. The van der Waals surface area contributed by atoms with Gasteiger partial charge in [0.2, 0.25) is 10.0 Å². The van der Waals surface area contributed by atoms with Crippen LogP contribution in [0, 0.1) is 0 Å². The van der Waals surface area contributed by atoms with E-state index in [0.717, 1.165) is 31.5 Å². The van der Waals surface area contributed by atoms with Gasteiger partial charge in [0, 0.05) is 25.6 Å². The Hall–Kier alpha value is -1.64. The highest BCUT2D eigenvalue weighted by Gasteiger charge is 2.30. The summed E-state index contributed by atoms with van der Waals surface area (Å²) in [7, 11) is -3.64. The predicted molar refractivity (Wildman–Crippen MR) is 104 cm³/mol. The van der Waals surface area contributed by atoms with E-state index in [9.17, 15) is 13.2 Å². The molecule has 8 heteroatoms. The Kier molecular flexibility index (Phi) is 6.08. The summed E-state index contributed by atoms with van der Waals surface area (Å²) in [6.45, 7) is 8.64. The lowest BCUT2D eigenvalue weighted by molar-refractivity contribution is 0.0936. The first-order chi connectivity index (χ1) is 12.9. The first-order valence-electron chi connectivity index (χ1n) is 9.71. The molecule has 2 aliphatic rings. The average molecular weight is 396 g/mol. The van der Waals surface area contributed by atoms with Crippen molar-refractivity contribution in [1.29, 1.82) is 0 Å². The van der Waals surface area contributed by atoms with Crippen molar-refractivity contribution in [3.63, 3.8) is 0 Å². The van der Waals surface area contributed by atoms with E-state index in [-0.39, 0.29) is 16.9 Å². The minimum atomic E-state index is -3.64. The first kappa shape index (κ1) is 20.1. The number of hydrogen-bond acceptors (Lipinski definition) is 5. The third kappa shape index (κ3) is 4.28. The lowest BCUT2D eigenvalue weighted by Gasteiger charge is -2.23. The number of benzene rings is 1.